The molecule has 1 fully saturated rings. The molecule has 0 radical (unpaired) electrons. The Balaban J connectivity index is 0.00000180. The van der Waals surface area contributed by atoms with Gasteiger partial charge in [-0.05, 0) is 73.4 Å². The number of aryl methyl sites for hydroxylation is 1. The van der Waals surface area contributed by atoms with E-state index in [0.717, 1.165) is 53.7 Å². The van der Waals surface area contributed by atoms with Gasteiger partial charge >= 0.3 is 0 Å². The largest absolute Gasteiger partial charge is 0.497 e. The molecule has 2 aliphatic rings. The van der Waals surface area contributed by atoms with E-state index in [-0.39, 0.29) is 49.3 Å². The zero-order chi connectivity index (χ0) is 23.5. The van der Waals surface area contributed by atoms with Crippen molar-refractivity contribution in [1.29, 1.82) is 0 Å². The van der Waals surface area contributed by atoms with Crippen molar-refractivity contribution >= 4 is 41.7 Å². The van der Waals surface area contributed by atoms with E-state index in [1.54, 1.807) is 7.11 Å². The van der Waals surface area contributed by atoms with Gasteiger partial charge in [-0.15, -0.1) is 29.9 Å². The van der Waals surface area contributed by atoms with E-state index in [2.05, 4.69) is 16.6 Å². The predicted molar refractivity (Wildman–Crippen MR) is 145 cm³/mol. The normalized spacial score (nSPS) is 16.3. The zero-order valence-electron chi connectivity index (χ0n) is 20.4. The summed E-state index contributed by atoms with van der Waals surface area (Å²) in [6.07, 6.45) is 8.21. The minimum absolute atomic E-state index is 0. The molecule has 0 bridgehead atoms. The first-order valence-electron chi connectivity index (χ1n) is 12.1. The molecule has 1 spiro atoms. The predicted octanol–water partition coefficient (Wildman–Crippen LogP) is 5.26. The van der Waals surface area contributed by atoms with E-state index in [1.165, 1.54) is 24.8 Å². The van der Waals surface area contributed by atoms with Crippen LogP contribution in [-0.2, 0) is 11.2 Å². The van der Waals surface area contributed by atoms with Crippen LogP contribution >= 0.6 is 24.8 Å². The number of hydrogen-bond donors (Lipinski definition) is 2. The van der Waals surface area contributed by atoms with Crippen molar-refractivity contribution in [2.24, 2.45) is 10.8 Å². The molecule has 1 aliphatic heterocycles. The standard InChI is InChI=1S/C27H31N3O4.2ClH/c1-32-20-7-5-18(6-8-20)21-16-26(30-29-25(31)10-14-28)33-24-17-23-19(15-22(21)24)9-13-27(34-23)11-3-2-4-12-27;;/h5-8,15-17H,2-4,9-14,28H2,1H3,(H,29,31);2*1H/b30-26+;;. The van der Waals surface area contributed by atoms with Gasteiger partial charge in [0.2, 0.25) is 11.5 Å². The van der Waals surface area contributed by atoms with E-state index in [9.17, 15) is 4.79 Å². The molecule has 7 nitrogen and oxygen atoms in total. The quantitative estimate of drug-likeness (QED) is 0.435. The van der Waals surface area contributed by atoms with Crippen LogP contribution in [0.25, 0.3) is 22.1 Å². The number of methoxy groups -OCH3 is 1. The number of halogens is 2. The fourth-order valence-electron chi connectivity index (χ4n) is 5.10. The average Bonchev–Trinajstić information content (AvgIpc) is 2.86. The number of carbonyl (C=O) groups excluding carboxylic acids is 1. The second-order valence-corrected chi connectivity index (χ2v) is 9.21. The molecule has 1 aliphatic carbocycles. The molecule has 2 heterocycles. The van der Waals surface area contributed by atoms with Gasteiger partial charge in [0.1, 0.15) is 22.7 Å². The lowest BCUT2D eigenvalue weighted by Crippen LogP contribution is -2.41. The smallest absolute Gasteiger partial charge is 0.241 e. The Morgan fingerprint density at radius 2 is 1.83 bits per heavy atom. The number of carbonyl (C=O) groups is 1. The Hall–Kier alpha value is -2.74. The molecule has 194 valence electrons. The average molecular weight is 534 g/mol. The van der Waals surface area contributed by atoms with Gasteiger partial charge in [0.25, 0.3) is 0 Å². The maximum Gasteiger partial charge on any atom is 0.241 e. The highest BCUT2D eigenvalue weighted by molar-refractivity contribution is 5.94. The Kier molecular flexibility index (Phi) is 9.28. The van der Waals surface area contributed by atoms with Crippen LogP contribution in [0.3, 0.4) is 0 Å². The number of benzene rings is 2. The highest BCUT2D eigenvalue weighted by atomic mass is 35.5. The van der Waals surface area contributed by atoms with Crippen molar-refractivity contribution in [2.45, 2.75) is 57.0 Å². The summed E-state index contributed by atoms with van der Waals surface area (Å²) < 4.78 is 18.1. The third-order valence-corrected chi connectivity index (χ3v) is 6.94. The Morgan fingerprint density at radius 1 is 1.08 bits per heavy atom. The maximum atomic E-state index is 11.9. The van der Waals surface area contributed by atoms with Crippen LogP contribution in [0.1, 0.15) is 50.5 Å². The molecule has 0 atom stereocenters. The summed E-state index contributed by atoms with van der Waals surface area (Å²) in [4.78, 5) is 11.9. The summed E-state index contributed by atoms with van der Waals surface area (Å²) in [6, 6.07) is 13.9. The molecule has 9 heteroatoms. The fraction of sp³-hybridized carbons (Fsp3) is 0.407. The molecule has 1 saturated carbocycles. The Morgan fingerprint density at radius 3 is 2.53 bits per heavy atom. The van der Waals surface area contributed by atoms with Crippen LogP contribution in [0, 0.1) is 0 Å². The molecule has 3 aromatic rings. The third-order valence-electron chi connectivity index (χ3n) is 6.94. The summed E-state index contributed by atoms with van der Waals surface area (Å²) >= 11 is 0. The van der Waals surface area contributed by atoms with Gasteiger partial charge in [0.05, 0.1) is 7.11 Å². The molecule has 0 saturated heterocycles. The SMILES string of the molecule is COc1ccc(-c2c/c(=N\NC(=O)CCN)oc3cc4c(cc23)CCC2(CCCCC2)O4)cc1.Cl.Cl. The summed E-state index contributed by atoms with van der Waals surface area (Å²) in [6.45, 7) is 0.262. The minimum atomic E-state index is -0.253. The molecule has 0 unspecified atom stereocenters. The first kappa shape index (κ1) is 27.8. The van der Waals surface area contributed by atoms with E-state index in [0.29, 0.717) is 11.1 Å². The molecule has 2 aromatic carbocycles. The number of hydrogen-bond acceptors (Lipinski definition) is 6. The molecule has 36 heavy (non-hydrogen) atoms. The van der Waals surface area contributed by atoms with Gasteiger partial charge in [0.15, 0.2) is 0 Å². The monoisotopic (exact) mass is 533 g/mol. The van der Waals surface area contributed by atoms with E-state index in [1.807, 2.05) is 36.4 Å². The lowest BCUT2D eigenvalue weighted by atomic mass is 9.79. The number of amides is 1. The van der Waals surface area contributed by atoms with Gasteiger partial charge < -0.3 is 19.6 Å². The van der Waals surface area contributed by atoms with Crippen molar-refractivity contribution in [3.63, 3.8) is 0 Å². The van der Waals surface area contributed by atoms with Gasteiger partial charge in [0, 0.05) is 30.5 Å². The second kappa shape index (κ2) is 12.0. The van der Waals surface area contributed by atoms with Crippen molar-refractivity contribution < 1.29 is 18.7 Å². The highest BCUT2D eigenvalue weighted by Crippen LogP contribution is 2.44. The van der Waals surface area contributed by atoms with Crippen LogP contribution in [-0.4, -0.2) is 25.2 Å². The lowest BCUT2D eigenvalue weighted by Gasteiger charge is -2.41. The van der Waals surface area contributed by atoms with E-state index < -0.39 is 0 Å². The van der Waals surface area contributed by atoms with Crippen LogP contribution in [0.4, 0.5) is 0 Å². The number of fused-ring (bicyclic) bond motifs is 2. The topological polar surface area (TPSA) is 99.1 Å². The number of ether oxygens (including phenoxy) is 2. The maximum absolute atomic E-state index is 11.9. The van der Waals surface area contributed by atoms with E-state index >= 15 is 0 Å². The van der Waals surface area contributed by atoms with Crippen molar-refractivity contribution in [1.82, 2.24) is 5.43 Å². The Labute approximate surface area is 223 Å². The van der Waals surface area contributed by atoms with Crippen LogP contribution < -0.4 is 26.2 Å². The van der Waals surface area contributed by atoms with Gasteiger partial charge in [-0.1, -0.05) is 18.6 Å². The number of nitrogens with two attached hydrogens (primary N) is 1. The van der Waals surface area contributed by atoms with Crippen molar-refractivity contribution in [2.75, 3.05) is 13.7 Å². The van der Waals surface area contributed by atoms with Crippen molar-refractivity contribution in [3.8, 4) is 22.6 Å². The van der Waals surface area contributed by atoms with Crippen molar-refractivity contribution in [3.05, 3.63) is 53.6 Å². The van der Waals surface area contributed by atoms with Gasteiger partial charge in [-0.25, -0.2) is 5.43 Å². The van der Waals surface area contributed by atoms with Gasteiger partial charge in [-0.2, -0.15) is 0 Å². The number of nitrogens with zero attached hydrogens (tertiary/aromatic N) is 1. The first-order valence-corrected chi connectivity index (χ1v) is 12.1. The number of rotatable bonds is 5. The minimum Gasteiger partial charge on any atom is -0.497 e. The molecule has 3 N–H and O–H groups in total. The summed E-state index contributed by atoms with van der Waals surface area (Å²) in [5.74, 6) is 1.43. The lowest BCUT2D eigenvalue weighted by molar-refractivity contribution is -0.121. The second-order valence-electron chi connectivity index (χ2n) is 9.21. The molecular weight excluding hydrogens is 501 g/mol. The Bertz CT molecular complexity index is 1270. The zero-order valence-corrected chi connectivity index (χ0v) is 22.0. The third kappa shape index (κ3) is 5.80. The summed E-state index contributed by atoms with van der Waals surface area (Å²) in [5.41, 5.74) is 12.1. The molecule has 5 rings (SSSR count). The number of nitrogens with one attached hydrogen (secondary N) is 1. The van der Waals surface area contributed by atoms with E-state index in [4.69, 9.17) is 19.6 Å². The van der Waals surface area contributed by atoms with Crippen LogP contribution in [0.2, 0.25) is 0 Å². The summed E-state index contributed by atoms with van der Waals surface area (Å²) in [5, 5.41) is 5.19. The van der Waals surface area contributed by atoms with Crippen LogP contribution in [0.15, 0.2) is 52.0 Å². The molecule has 1 amide bonds. The van der Waals surface area contributed by atoms with Crippen LogP contribution in [0.5, 0.6) is 11.5 Å². The first-order chi connectivity index (χ1) is 16.6. The molecule has 1 aromatic heterocycles. The summed E-state index contributed by atoms with van der Waals surface area (Å²) in [7, 11) is 1.65. The fourth-order valence-corrected chi connectivity index (χ4v) is 5.10. The highest BCUT2D eigenvalue weighted by Gasteiger charge is 2.37. The molecular formula is C27H33Cl2N3O4. The van der Waals surface area contributed by atoms with Gasteiger partial charge in [-0.3, -0.25) is 4.79 Å².